The van der Waals surface area contributed by atoms with Crippen molar-refractivity contribution in [2.75, 3.05) is 45.9 Å². The first-order chi connectivity index (χ1) is 33.8. The Morgan fingerprint density at radius 2 is 1.08 bits per heavy atom. The number of carbonyl (C=O) groups is 7. The summed E-state index contributed by atoms with van der Waals surface area (Å²) in [5, 5.41) is 54.3. The molecule has 25 N–H and O–H groups in total. The lowest BCUT2D eigenvalue weighted by atomic mass is 9.95. The van der Waals surface area contributed by atoms with Gasteiger partial charge in [0.1, 0.15) is 31.0 Å². The summed E-state index contributed by atoms with van der Waals surface area (Å²) in [7, 11) is 0. The molecule has 0 aromatic rings. The Bertz CT molecular complexity index is 1740. The van der Waals surface area contributed by atoms with Gasteiger partial charge in [0.25, 0.3) is 0 Å². The maximum atomic E-state index is 13.1. The number of aliphatic imine (C=N–C) groups is 1. The zero-order valence-corrected chi connectivity index (χ0v) is 40.6. The van der Waals surface area contributed by atoms with Crippen LogP contribution in [0, 0.1) is 0 Å². The van der Waals surface area contributed by atoms with Crippen LogP contribution >= 0.6 is 0 Å². The van der Waals surface area contributed by atoms with Gasteiger partial charge in [-0.05, 0) is 70.8 Å². The third kappa shape index (κ3) is 23.4. The molecule has 3 rings (SSSR count). The van der Waals surface area contributed by atoms with Gasteiger partial charge in [0.05, 0.1) is 12.1 Å². The molecule has 3 aliphatic heterocycles. The summed E-state index contributed by atoms with van der Waals surface area (Å²) >= 11 is 0. The number of ether oxygens (including phenoxy) is 2. The quantitative estimate of drug-likeness (QED) is 0.0272. The van der Waals surface area contributed by atoms with E-state index in [0.29, 0.717) is 84.0 Å². The molecule has 0 aromatic carbocycles. The molecule has 0 radical (unpaired) electrons. The van der Waals surface area contributed by atoms with E-state index in [0.717, 1.165) is 6.42 Å². The molecule has 0 unspecified atom stereocenters. The van der Waals surface area contributed by atoms with Crippen LogP contribution in [0.15, 0.2) is 4.99 Å². The Morgan fingerprint density at radius 3 is 1.49 bits per heavy atom. The molecular formula is C43H82N16O12. The van der Waals surface area contributed by atoms with Crippen LogP contribution in [0.4, 0.5) is 4.79 Å². The number of aliphatic hydroxyl groups is 3. The van der Waals surface area contributed by atoms with Gasteiger partial charge in [-0.1, -0.05) is 0 Å². The van der Waals surface area contributed by atoms with Gasteiger partial charge in [0.2, 0.25) is 35.4 Å². The van der Waals surface area contributed by atoms with E-state index < -0.39 is 91.4 Å². The number of primary amides is 1. The molecule has 3 heterocycles. The number of carbonyl (C=O) groups excluding carboxylic acids is 7. The molecule has 13 atom stereocenters. The number of nitrogens with one attached hydrogen (secondary N) is 8. The van der Waals surface area contributed by atoms with E-state index >= 15 is 0 Å². The molecule has 0 spiro atoms. The van der Waals surface area contributed by atoms with Crippen LogP contribution in [-0.2, 0) is 38.2 Å². The molecule has 0 aromatic heterocycles. The highest BCUT2D eigenvalue weighted by atomic mass is 16.6. The predicted molar refractivity (Wildman–Crippen MR) is 259 cm³/mol. The van der Waals surface area contributed by atoms with Gasteiger partial charge in [-0.25, -0.2) is 9.79 Å². The van der Waals surface area contributed by atoms with Gasteiger partial charge in [0, 0.05) is 95.0 Å². The fraction of sp³-hybridized carbons (Fsp3) is 0.814. The zero-order valence-electron chi connectivity index (χ0n) is 40.6. The number of amides is 7. The molecule has 3 aliphatic rings. The van der Waals surface area contributed by atoms with Crippen molar-refractivity contribution < 1.29 is 58.4 Å². The summed E-state index contributed by atoms with van der Waals surface area (Å²) in [6, 6.07) is -5.09. The van der Waals surface area contributed by atoms with E-state index in [1.54, 1.807) is 0 Å². The van der Waals surface area contributed by atoms with Gasteiger partial charge in [0.15, 0.2) is 18.2 Å². The molecule has 406 valence electrons. The second-order valence-electron chi connectivity index (χ2n) is 18.6. The first kappa shape index (κ1) is 60.3. The Morgan fingerprint density at radius 1 is 0.662 bits per heavy atom. The van der Waals surface area contributed by atoms with Crippen LogP contribution in [0.3, 0.4) is 0 Å². The standard InChI is InChI=1S/C43H82N16O12/c44-11-1-6-23(45)16-30(61)51-12-2-7-24(46)17-31(62)52-13-3-8-25(47)18-32(63)53-14-4-9-26(48)19-33(64)54-15-5-10-27(49)20-34(65)56-37-39(67)38(66)29(22-70-42(50)69)71-41(37)59-43-57-35-28(60)21-55-40(68)36(35)58-43/h23-29,35-39,41,60,66-67H,1-22,44-49H2,(H2,50,69)(H,51,61)(H,52,62)(H,53,63)(H,54,64)(H,55,68)(H,56,65)(H2,57,58,59)/t23-,24-,25-,26-,27-,28+,29+,35+,36-,37+,38-,39-,41+/m0/s1. The van der Waals surface area contributed by atoms with Crippen molar-refractivity contribution >= 4 is 47.5 Å². The highest BCUT2D eigenvalue weighted by Gasteiger charge is 2.48. The molecule has 2 fully saturated rings. The van der Waals surface area contributed by atoms with Crippen molar-refractivity contribution in [3.05, 3.63) is 0 Å². The average molecular weight is 1020 g/mol. The monoisotopic (exact) mass is 1010 g/mol. The Hall–Kier alpha value is -5.04. The number of hydrogen-bond acceptors (Lipinski definition) is 21. The van der Waals surface area contributed by atoms with Crippen LogP contribution in [0.5, 0.6) is 0 Å². The number of piperidine rings is 1. The lowest BCUT2D eigenvalue weighted by Crippen LogP contribution is -2.69. The minimum atomic E-state index is -1.65. The number of rotatable bonds is 33. The van der Waals surface area contributed by atoms with Gasteiger partial charge in [-0.15, -0.1) is 0 Å². The highest BCUT2D eigenvalue weighted by Crippen LogP contribution is 2.22. The van der Waals surface area contributed by atoms with Crippen LogP contribution < -0.4 is 82.7 Å². The summed E-state index contributed by atoms with van der Waals surface area (Å²) in [4.78, 5) is 90.2. The normalized spacial score (nSPS) is 24.8. The Balaban J connectivity index is 1.24. The van der Waals surface area contributed by atoms with Gasteiger partial charge in [-0.3, -0.25) is 28.8 Å². The molecule has 71 heavy (non-hydrogen) atoms. The minimum absolute atomic E-state index is 0.00440. The van der Waals surface area contributed by atoms with Crippen molar-refractivity contribution in [2.24, 2.45) is 45.1 Å². The number of nitrogens with zero attached hydrogens (tertiary/aromatic N) is 1. The zero-order chi connectivity index (χ0) is 52.5. The number of fused-ring (bicyclic) bond motifs is 1. The van der Waals surface area contributed by atoms with Crippen LogP contribution in [0.2, 0.25) is 0 Å². The molecule has 28 heteroatoms. The van der Waals surface area contributed by atoms with Gasteiger partial charge < -0.3 is 107 Å². The second kappa shape index (κ2) is 32.1. The fourth-order valence-electron chi connectivity index (χ4n) is 8.21. The van der Waals surface area contributed by atoms with Crippen molar-refractivity contribution in [3.8, 4) is 0 Å². The van der Waals surface area contributed by atoms with Gasteiger partial charge >= 0.3 is 6.09 Å². The number of guanidine groups is 1. The molecule has 0 saturated carbocycles. The molecular weight excluding hydrogens is 933 g/mol. The minimum Gasteiger partial charge on any atom is -0.447 e. The van der Waals surface area contributed by atoms with E-state index in [1.807, 2.05) is 0 Å². The van der Waals surface area contributed by atoms with Crippen LogP contribution in [0.1, 0.15) is 96.3 Å². The van der Waals surface area contributed by atoms with E-state index in [1.165, 1.54) is 0 Å². The van der Waals surface area contributed by atoms with E-state index in [-0.39, 0.29) is 86.9 Å². The molecule has 0 aliphatic carbocycles. The van der Waals surface area contributed by atoms with Crippen LogP contribution in [0.25, 0.3) is 0 Å². The third-order valence-electron chi connectivity index (χ3n) is 12.1. The van der Waals surface area contributed by atoms with Crippen molar-refractivity contribution in [2.45, 2.75) is 175 Å². The lowest BCUT2D eigenvalue weighted by Gasteiger charge is -2.43. The number of β-amino-alcohol motifs (C(OH)–C–C–N with tert-alkyl or cyclic N) is 1. The SMILES string of the molecule is NCCC[C@H](N)CC(=O)NCCC[C@H](N)CC(=O)NCCC[C@H](N)CC(=O)NCCC[C@H](N)CC(=O)NCCC[C@H](N)CC(=O)N[C@@H]1[C@H](O)[C@@H](O)[C@@H](COC(N)=O)O[C@H]1NC1=N[C@@H]2C(=O)NC[C@@H](O)[C@H]2N1. The van der Waals surface area contributed by atoms with Crippen molar-refractivity contribution in [1.82, 2.24) is 42.5 Å². The summed E-state index contributed by atoms with van der Waals surface area (Å²) in [5.74, 6) is -1.80. The Kier molecular flexibility index (Phi) is 27.3. The van der Waals surface area contributed by atoms with E-state index in [4.69, 9.17) is 49.6 Å². The third-order valence-corrected chi connectivity index (χ3v) is 12.1. The number of hydrogen-bond donors (Lipinski definition) is 18. The second-order valence-corrected chi connectivity index (χ2v) is 18.6. The maximum Gasteiger partial charge on any atom is 0.404 e. The van der Waals surface area contributed by atoms with Crippen LogP contribution in [-0.4, -0.2) is 188 Å². The van der Waals surface area contributed by atoms with Crippen molar-refractivity contribution in [1.29, 1.82) is 0 Å². The lowest BCUT2D eigenvalue weighted by molar-refractivity contribution is -0.198. The maximum absolute atomic E-state index is 13.1. The number of nitrogens with two attached hydrogens (primary N) is 7. The highest BCUT2D eigenvalue weighted by molar-refractivity contribution is 5.93. The summed E-state index contributed by atoms with van der Waals surface area (Å²) in [6.07, 6.45) is -2.03. The summed E-state index contributed by atoms with van der Waals surface area (Å²) in [5.41, 5.74) is 41.0. The number of aliphatic hydroxyl groups excluding tert-OH is 3. The summed E-state index contributed by atoms with van der Waals surface area (Å²) < 4.78 is 10.6. The first-order valence-corrected chi connectivity index (χ1v) is 24.6. The van der Waals surface area contributed by atoms with Crippen molar-refractivity contribution in [3.63, 3.8) is 0 Å². The van der Waals surface area contributed by atoms with Gasteiger partial charge in [-0.2, -0.15) is 0 Å². The smallest absolute Gasteiger partial charge is 0.404 e. The average Bonchev–Trinajstić information content (AvgIpc) is 3.74. The molecule has 28 nitrogen and oxygen atoms in total. The largest absolute Gasteiger partial charge is 0.447 e. The molecule has 7 amide bonds. The molecule has 0 bridgehead atoms. The first-order valence-electron chi connectivity index (χ1n) is 24.6. The van der Waals surface area contributed by atoms with E-state index in [9.17, 15) is 48.9 Å². The predicted octanol–water partition coefficient (Wildman–Crippen LogP) is -7.30. The van der Waals surface area contributed by atoms with E-state index in [2.05, 4.69) is 47.5 Å². The fourth-order valence-corrected chi connectivity index (χ4v) is 8.21. The topological polar surface area (TPSA) is 489 Å². The summed E-state index contributed by atoms with van der Waals surface area (Å²) in [6.45, 7) is 1.48. The Labute approximate surface area is 413 Å². The molecule has 2 saturated heterocycles.